The van der Waals surface area contributed by atoms with Gasteiger partial charge in [-0.15, -0.1) is 0 Å². The van der Waals surface area contributed by atoms with E-state index in [1.54, 1.807) is 6.92 Å². The van der Waals surface area contributed by atoms with Crippen LogP contribution >= 0.6 is 0 Å². The summed E-state index contributed by atoms with van der Waals surface area (Å²) in [5.41, 5.74) is 7.75. The van der Waals surface area contributed by atoms with E-state index in [1.165, 1.54) is 11.1 Å². The van der Waals surface area contributed by atoms with E-state index in [4.69, 9.17) is 5.73 Å². The number of Topliss-reactive ketones (excluding diaryl/α,β-unsaturated/α-hetero) is 1. The van der Waals surface area contributed by atoms with Gasteiger partial charge in [-0.3, -0.25) is 4.79 Å². The van der Waals surface area contributed by atoms with Crippen molar-refractivity contribution in [1.82, 2.24) is 0 Å². The van der Waals surface area contributed by atoms with Crippen molar-refractivity contribution in [3.05, 3.63) is 71.3 Å². The maximum atomic E-state index is 12.3. The molecule has 3 N–H and O–H groups in total. The zero-order chi connectivity index (χ0) is 18.1. The van der Waals surface area contributed by atoms with Crippen molar-refractivity contribution in [2.24, 2.45) is 5.73 Å². The van der Waals surface area contributed by atoms with E-state index in [0.717, 1.165) is 37.7 Å². The molecule has 0 saturated carbocycles. The van der Waals surface area contributed by atoms with Crippen LogP contribution in [0.2, 0.25) is 0 Å². The summed E-state index contributed by atoms with van der Waals surface area (Å²) in [5.74, 6) is 0.213. The van der Waals surface area contributed by atoms with E-state index < -0.39 is 5.72 Å². The topological polar surface area (TPSA) is 63.3 Å². The highest BCUT2D eigenvalue weighted by Gasteiger charge is 2.12. The number of aryl methyl sites for hydroxylation is 2. The molecule has 2 aromatic rings. The first-order valence-electron chi connectivity index (χ1n) is 9.11. The lowest BCUT2D eigenvalue weighted by Crippen LogP contribution is -2.35. The Hall–Kier alpha value is -1.97. The summed E-state index contributed by atoms with van der Waals surface area (Å²) in [4.78, 5) is 12.3. The molecule has 0 aliphatic heterocycles. The van der Waals surface area contributed by atoms with E-state index >= 15 is 0 Å². The number of nitrogens with two attached hydrogens (primary N) is 1. The van der Waals surface area contributed by atoms with Gasteiger partial charge < -0.3 is 10.8 Å². The molecular formula is C22H29NO2. The maximum Gasteiger partial charge on any atom is 0.162 e. The van der Waals surface area contributed by atoms with Gasteiger partial charge >= 0.3 is 0 Å². The van der Waals surface area contributed by atoms with Crippen LogP contribution in [0, 0.1) is 0 Å². The summed E-state index contributed by atoms with van der Waals surface area (Å²) in [5, 5.41) is 9.52. The summed E-state index contributed by atoms with van der Waals surface area (Å²) in [6, 6.07) is 18.2. The van der Waals surface area contributed by atoms with Crippen LogP contribution in [0.5, 0.6) is 0 Å². The Morgan fingerprint density at radius 3 is 2.16 bits per heavy atom. The summed E-state index contributed by atoms with van der Waals surface area (Å²) >= 11 is 0. The van der Waals surface area contributed by atoms with E-state index in [2.05, 4.69) is 24.3 Å². The van der Waals surface area contributed by atoms with Crippen molar-refractivity contribution in [3.63, 3.8) is 0 Å². The summed E-state index contributed by atoms with van der Waals surface area (Å²) < 4.78 is 0. The smallest absolute Gasteiger partial charge is 0.162 e. The van der Waals surface area contributed by atoms with Gasteiger partial charge in [0, 0.05) is 12.0 Å². The van der Waals surface area contributed by atoms with Crippen LogP contribution in [-0.2, 0) is 12.8 Å². The molecular weight excluding hydrogens is 310 g/mol. The van der Waals surface area contributed by atoms with E-state index in [0.29, 0.717) is 12.8 Å². The minimum Gasteiger partial charge on any atom is -0.376 e. The zero-order valence-electron chi connectivity index (χ0n) is 15.1. The van der Waals surface area contributed by atoms with E-state index in [1.807, 2.05) is 30.3 Å². The number of benzene rings is 2. The molecule has 0 heterocycles. The highest BCUT2D eigenvalue weighted by Crippen LogP contribution is 2.14. The number of ketones is 1. The van der Waals surface area contributed by atoms with Gasteiger partial charge in [0.1, 0.15) is 5.72 Å². The van der Waals surface area contributed by atoms with Crippen LogP contribution in [0.25, 0.3) is 0 Å². The van der Waals surface area contributed by atoms with Gasteiger partial charge in [-0.25, -0.2) is 0 Å². The van der Waals surface area contributed by atoms with Crippen molar-refractivity contribution in [2.75, 3.05) is 0 Å². The van der Waals surface area contributed by atoms with Crippen LogP contribution in [0.1, 0.15) is 60.5 Å². The molecule has 0 spiro atoms. The Balaban J connectivity index is 1.70. The maximum absolute atomic E-state index is 12.3. The predicted molar refractivity (Wildman–Crippen MR) is 103 cm³/mol. The third-order valence-electron chi connectivity index (χ3n) is 4.39. The fourth-order valence-corrected chi connectivity index (χ4v) is 2.91. The van der Waals surface area contributed by atoms with Crippen molar-refractivity contribution in [3.8, 4) is 0 Å². The lowest BCUT2D eigenvalue weighted by Gasteiger charge is -2.16. The molecule has 0 saturated heterocycles. The monoisotopic (exact) mass is 339 g/mol. The number of hydrogen-bond donors (Lipinski definition) is 2. The van der Waals surface area contributed by atoms with Gasteiger partial charge in [0.25, 0.3) is 0 Å². The second kappa shape index (κ2) is 9.50. The Bertz CT molecular complexity index is 642. The number of unbranched alkanes of at least 4 members (excludes halogenated alkanes) is 1. The molecule has 134 valence electrons. The van der Waals surface area contributed by atoms with Gasteiger partial charge in [0.2, 0.25) is 0 Å². The fraction of sp³-hybridized carbons (Fsp3) is 0.409. The Kier molecular flexibility index (Phi) is 7.35. The van der Waals surface area contributed by atoms with Crippen molar-refractivity contribution >= 4 is 5.78 Å². The van der Waals surface area contributed by atoms with Crippen LogP contribution in [0.3, 0.4) is 0 Å². The Labute approximate surface area is 150 Å². The normalized spacial score (nSPS) is 13.4. The van der Waals surface area contributed by atoms with Crippen molar-refractivity contribution in [1.29, 1.82) is 0 Å². The van der Waals surface area contributed by atoms with Gasteiger partial charge in [0.15, 0.2) is 5.78 Å². The minimum absolute atomic E-state index is 0.213. The fourth-order valence-electron chi connectivity index (χ4n) is 2.91. The van der Waals surface area contributed by atoms with E-state index in [9.17, 15) is 9.90 Å². The van der Waals surface area contributed by atoms with Crippen molar-refractivity contribution < 1.29 is 9.90 Å². The molecule has 0 aliphatic carbocycles. The van der Waals surface area contributed by atoms with Crippen LogP contribution in [-0.4, -0.2) is 16.6 Å². The molecule has 0 aromatic heterocycles. The summed E-state index contributed by atoms with van der Waals surface area (Å²) in [6.45, 7) is 1.62. The predicted octanol–water partition coefficient (Wildman–Crippen LogP) is 4.27. The molecule has 1 atom stereocenters. The van der Waals surface area contributed by atoms with Gasteiger partial charge in [-0.2, -0.15) is 0 Å². The first kappa shape index (κ1) is 19.4. The summed E-state index contributed by atoms with van der Waals surface area (Å²) in [7, 11) is 0. The van der Waals surface area contributed by atoms with Crippen molar-refractivity contribution in [2.45, 2.75) is 57.6 Å². The minimum atomic E-state index is -1.10. The first-order chi connectivity index (χ1) is 11.9. The molecule has 25 heavy (non-hydrogen) atoms. The van der Waals surface area contributed by atoms with Crippen LogP contribution < -0.4 is 5.73 Å². The number of aliphatic hydroxyl groups is 1. The highest BCUT2D eigenvalue weighted by atomic mass is 16.3. The average molecular weight is 339 g/mol. The second-order valence-electron chi connectivity index (χ2n) is 7.02. The highest BCUT2D eigenvalue weighted by molar-refractivity contribution is 5.96. The number of carbonyl (C=O) groups is 1. The molecule has 0 fully saturated rings. The molecule has 0 amide bonds. The molecule has 2 rings (SSSR count). The van der Waals surface area contributed by atoms with E-state index in [-0.39, 0.29) is 5.78 Å². The largest absolute Gasteiger partial charge is 0.376 e. The third kappa shape index (κ3) is 7.63. The van der Waals surface area contributed by atoms with Gasteiger partial charge in [-0.05, 0) is 56.6 Å². The lowest BCUT2D eigenvalue weighted by atomic mass is 9.99. The lowest BCUT2D eigenvalue weighted by molar-refractivity contribution is 0.0559. The quantitative estimate of drug-likeness (QED) is 0.386. The molecule has 3 heteroatoms. The first-order valence-corrected chi connectivity index (χ1v) is 9.11. The van der Waals surface area contributed by atoms with Crippen LogP contribution in [0.4, 0.5) is 0 Å². The molecule has 0 radical (unpaired) electrons. The molecule has 0 bridgehead atoms. The van der Waals surface area contributed by atoms with Gasteiger partial charge in [0.05, 0.1) is 0 Å². The molecule has 1 unspecified atom stereocenters. The van der Waals surface area contributed by atoms with Crippen LogP contribution in [0.15, 0.2) is 54.6 Å². The number of carbonyl (C=O) groups excluding carboxylic acids is 1. The summed E-state index contributed by atoms with van der Waals surface area (Å²) in [6.07, 6.45) is 5.83. The molecule has 3 nitrogen and oxygen atoms in total. The number of hydrogen-bond acceptors (Lipinski definition) is 3. The second-order valence-corrected chi connectivity index (χ2v) is 7.02. The Morgan fingerprint density at radius 1 is 0.920 bits per heavy atom. The number of rotatable bonds is 10. The molecule has 0 aliphatic rings. The Morgan fingerprint density at radius 2 is 1.52 bits per heavy atom. The SMILES string of the molecule is CC(N)(O)CCCc1ccc(C(=O)CCCCc2ccccc2)cc1. The zero-order valence-corrected chi connectivity index (χ0v) is 15.1. The standard InChI is InChI=1S/C22H29NO2/c1-22(23,25)17-7-11-19-13-15-20(16-14-19)21(24)12-6-5-10-18-8-3-2-4-9-18/h2-4,8-9,13-16,25H,5-7,10-12,17,23H2,1H3. The average Bonchev–Trinajstić information content (AvgIpc) is 2.59. The molecule has 2 aromatic carbocycles. The van der Waals surface area contributed by atoms with Gasteiger partial charge in [-0.1, -0.05) is 54.6 Å². The third-order valence-corrected chi connectivity index (χ3v) is 4.39.